The van der Waals surface area contributed by atoms with Gasteiger partial charge in [-0.15, -0.1) is 21.5 Å². The molecule has 8 heteroatoms. The first-order valence-electron chi connectivity index (χ1n) is 8.33. The zero-order valence-electron chi connectivity index (χ0n) is 14.5. The second-order valence-electron chi connectivity index (χ2n) is 5.89. The Labute approximate surface area is 159 Å². The van der Waals surface area contributed by atoms with Gasteiger partial charge in [0.15, 0.2) is 0 Å². The molecule has 0 fully saturated rings. The fraction of sp³-hybridized carbons (Fsp3) is 0.105. The van der Waals surface area contributed by atoms with Crippen LogP contribution in [-0.4, -0.2) is 31.1 Å². The number of thiazole rings is 1. The van der Waals surface area contributed by atoms with E-state index in [-0.39, 0.29) is 12.5 Å². The summed E-state index contributed by atoms with van der Waals surface area (Å²) < 4.78 is 0. The zero-order valence-corrected chi connectivity index (χ0v) is 15.3. The van der Waals surface area contributed by atoms with Crippen molar-refractivity contribution in [2.75, 3.05) is 5.32 Å². The number of nitrogens with one attached hydrogen (secondary N) is 1. The predicted octanol–water partition coefficient (Wildman–Crippen LogP) is 3.41. The number of tetrazole rings is 1. The predicted molar refractivity (Wildman–Crippen MR) is 104 cm³/mol. The molecule has 7 nitrogen and oxygen atoms in total. The van der Waals surface area contributed by atoms with Gasteiger partial charge >= 0.3 is 0 Å². The van der Waals surface area contributed by atoms with E-state index < -0.39 is 0 Å². The van der Waals surface area contributed by atoms with Crippen molar-refractivity contribution in [2.24, 2.45) is 0 Å². The van der Waals surface area contributed by atoms with Gasteiger partial charge in [-0.3, -0.25) is 4.79 Å². The van der Waals surface area contributed by atoms with Gasteiger partial charge in [0.25, 0.3) is 0 Å². The molecule has 134 valence electrons. The van der Waals surface area contributed by atoms with E-state index in [9.17, 15) is 4.79 Å². The Morgan fingerprint density at radius 2 is 1.93 bits per heavy atom. The molecule has 4 rings (SSSR count). The Kier molecular flexibility index (Phi) is 4.71. The standard InChI is InChI=1S/C19H16N6OS/c1-13-20-17(12-27-13)15-8-5-9-16(10-15)21-18(26)11-25-23-19(22-24-25)14-6-3-2-4-7-14/h2-10,12H,11H2,1H3,(H,21,26). The van der Waals surface area contributed by atoms with Crippen LogP contribution in [0.5, 0.6) is 0 Å². The average Bonchev–Trinajstić information content (AvgIpc) is 3.32. The minimum atomic E-state index is -0.223. The van der Waals surface area contributed by atoms with Crippen LogP contribution < -0.4 is 5.32 Å². The van der Waals surface area contributed by atoms with Gasteiger partial charge in [0.1, 0.15) is 6.54 Å². The molecule has 0 aliphatic carbocycles. The van der Waals surface area contributed by atoms with E-state index in [4.69, 9.17) is 0 Å². The van der Waals surface area contributed by atoms with Crippen molar-refractivity contribution in [3.05, 3.63) is 65.0 Å². The third-order valence-corrected chi connectivity index (χ3v) is 4.60. The number of anilines is 1. The maximum Gasteiger partial charge on any atom is 0.248 e. The van der Waals surface area contributed by atoms with E-state index in [2.05, 4.69) is 25.7 Å². The lowest BCUT2D eigenvalue weighted by molar-refractivity contribution is -0.117. The van der Waals surface area contributed by atoms with Gasteiger partial charge in [0, 0.05) is 22.2 Å². The molecule has 27 heavy (non-hydrogen) atoms. The minimum absolute atomic E-state index is 0.0140. The molecule has 0 unspecified atom stereocenters. The number of rotatable bonds is 5. The van der Waals surface area contributed by atoms with Crippen LogP contribution in [0.4, 0.5) is 5.69 Å². The highest BCUT2D eigenvalue weighted by Crippen LogP contribution is 2.24. The van der Waals surface area contributed by atoms with Crippen LogP contribution in [-0.2, 0) is 11.3 Å². The Balaban J connectivity index is 1.43. The van der Waals surface area contributed by atoms with Crippen LogP contribution in [0.25, 0.3) is 22.6 Å². The van der Waals surface area contributed by atoms with E-state index in [1.807, 2.05) is 66.9 Å². The summed E-state index contributed by atoms with van der Waals surface area (Å²) in [6.07, 6.45) is 0. The van der Waals surface area contributed by atoms with Crippen molar-refractivity contribution in [1.29, 1.82) is 0 Å². The number of benzene rings is 2. The molecule has 2 aromatic carbocycles. The maximum absolute atomic E-state index is 12.3. The van der Waals surface area contributed by atoms with Crippen molar-refractivity contribution in [3.8, 4) is 22.6 Å². The Bertz CT molecular complexity index is 1070. The van der Waals surface area contributed by atoms with Gasteiger partial charge in [0.05, 0.1) is 10.7 Å². The van der Waals surface area contributed by atoms with Crippen molar-refractivity contribution in [1.82, 2.24) is 25.2 Å². The number of carbonyl (C=O) groups excluding carboxylic acids is 1. The van der Waals surface area contributed by atoms with E-state index in [1.54, 1.807) is 11.3 Å². The lowest BCUT2D eigenvalue weighted by Crippen LogP contribution is -2.20. The topological polar surface area (TPSA) is 85.6 Å². The highest BCUT2D eigenvalue weighted by Gasteiger charge is 2.10. The van der Waals surface area contributed by atoms with Gasteiger partial charge in [-0.05, 0) is 24.3 Å². The summed E-state index contributed by atoms with van der Waals surface area (Å²) in [6.45, 7) is 1.95. The fourth-order valence-corrected chi connectivity index (χ4v) is 3.22. The second-order valence-corrected chi connectivity index (χ2v) is 6.95. The molecule has 2 aromatic heterocycles. The number of hydrogen-bond acceptors (Lipinski definition) is 6. The zero-order chi connectivity index (χ0) is 18.6. The normalized spacial score (nSPS) is 10.7. The van der Waals surface area contributed by atoms with Gasteiger partial charge in [0.2, 0.25) is 11.7 Å². The van der Waals surface area contributed by atoms with Crippen LogP contribution in [0.1, 0.15) is 5.01 Å². The number of hydrogen-bond donors (Lipinski definition) is 1. The highest BCUT2D eigenvalue weighted by molar-refractivity contribution is 7.09. The van der Waals surface area contributed by atoms with Crippen LogP contribution in [0.2, 0.25) is 0 Å². The van der Waals surface area contributed by atoms with E-state index in [1.165, 1.54) is 4.80 Å². The average molecular weight is 376 g/mol. The van der Waals surface area contributed by atoms with E-state index in [0.29, 0.717) is 11.5 Å². The van der Waals surface area contributed by atoms with E-state index in [0.717, 1.165) is 21.8 Å². The molecule has 0 saturated carbocycles. The summed E-state index contributed by atoms with van der Waals surface area (Å²) >= 11 is 1.60. The highest BCUT2D eigenvalue weighted by atomic mass is 32.1. The number of aromatic nitrogens is 5. The smallest absolute Gasteiger partial charge is 0.248 e. The lowest BCUT2D eigenvalue weighted by atomic mass is 10.1. The van der Waals surface area contributed by atoms with Gasteiger partial charge < -0.3 is 5.32 Å². The summed E-state index contributed by atoms with van der Waals surface area (Å²) in [7, 11) is 0. The minimum Gasteiger partial charge on any atom is -0.324 e. The largest absolute Gasteiger partial charge is 0.324 e. The third kappa shape index (κ3) is 4.06. The van der Waals surface area contributed by atoms with E-state index >= 15 is 0 Å². The monoisotopic (exact) mass is 376 g/mol. The Morgan fingerprint density at radius 3 is 2.70 bits per heavy atom. The van der Waals surface area contributed by atoms with Crippen molar-refractivity contribution < 1.29 is 4.79 Å². The molecule has 0 aliphatic heterocycles. The van der Waals surface area contributed by atoms with Crippen LogP contribution in [0, 0.1) is 6.92 Å². The Morgan fingerprint density at radius 1 is 1.11 bits per heavy atom. The summed E-state index contributed by atoms with van der Waals surface area (Å²) in [6, 6.07) is 17.1. The van der Waals surface area contributed by atoms with Gasteiger partial charge in [-0.1, -0.05) is 42.5 Å². The van der Waals surface area contributed by atoms with Crippen LogP contribution in [0.15, 0.2) is 60.0 Å². The molecule has 0 radical (unpaired) electrons. The molecule has 1 amide bonds. The molecule has 0 saturated heterocycles. The summed E-state index contributed by atoms with van der Waals surface area (Å²) in [5, 5.41) is 18.1. The summed E-state index contributed by atoms with van der Waals surface area (Å²) in [5.41, 5.74) is 3.42. The van der Waals surface area contributed by atoms with Crippen molar-refractivity contribution in [3.63, 3.8) is 0 Å². The molecule has 2 heterocycles. The molecule has 0 bridgehead atoms. The first-order valence-corrected chi connectivity index (χ1v) is 9.21. The fourth-order valence-electron chi connectivity index (χ4n) is 2.59. The number of nitrogens with zero attached hydrogens (tertiary/aromatic N) is 5. The molecule has 0 atom stereocenters. The summed E-state index contributed by atoms with van der Waals surface area (Å²) in [4.78, 5) is 18.1. The van der Waals surface area contributed by atoms with Crippen molar-refractivity contribution >= 4 is 22.9 Å². The van der Waals surface area contributed by atoms with Crippen LogP contribution >= 0.6 is 11.3 Å². The summed E-state index contributed by atoms with van der Waals surface area (Å²) in [5.74, 6) is 0.267. The molecular formula is C19H16N6OS. The number of amides is 1. The molecule has 0 aliphatic rings. The quantitative estimate of drug-likeness (QED) is 0.577. The van der Waals surface area contributed by atoms with Gasteiger partial charge in [-0.2, -0.15) is 4.80 Å². The number of carbonyl (C=O) groups is 1. The first kappa shape index (κ1) is 17.0. The van der Waals surface area contributed by atoms with Crippen molar-refractivity contribution in [2.45, 2.75) is 13.5 Å². The van der Waals surface area contributed by atoms with Crippen LogP contribution in [0.3, 0.4) is 0 Å². The SMILES string of the molecule is Cc1nc(-c2cccc(NC(=O)Cn3nnc(-c4ccccc4)n3)c2)cs1. The first-order chi connectivity index (χ1) is 13.2. The second kappa shape index (κ2) is 7.46. The molecule has 1 N–H and O–H groups in total. The third-order valence-electron chi connectivity index (χ3n) is 3.83. The lowest BCUT2D eigenvalue weighted by Gasteiger charge is -2.06. The molecular weight excluding hydrogens is 360 g/mol. The van der Waals surface area contributed by atoms with Gasteiger partial charge in [-0.25, -0.2) is 4.98 Å². The molecule has 0 spiro atoms. The number of aryl methyl sites for hydroxylation is 1. The maximum atomic E-state index is 12.3. The molecule has 4 aromatic rings. The Hall–Kier alpha value is -3.39.